The van der Waals surface area contributed by atoms with Gasteiger partial charge in [0.15, 0.2) is 0 Å². The van der Waals surface area contributed by atoms with E-state index in [1.807, 2.05) is 40.4 Å². The Bertz CT molecular complexity index is 816. The van der Waals surface area contributed by atoms with E-state index >= 15 is 0 Å². The Balaban J connectivity index is 1.39. The number of aliphatic hydroxyl groups is 1. The molecule has 124 valence electrons. The van der Waals surface area contributed by atoms with Crippen LogP contribution in [-0.2, 0) is 16.8 Å². The maximum atomic E-state index is 12.6. The van der Waals surface area contributed by atoms with Crippen molar-refractivity contribution in [1.29, 1.82) is 0 Å². The fourth-order valence-corrected chi connectivity index (χ4v) is 5.46. The fraction of sp³-hybridized carbons (Fsp3) is 0.278. The van der Waals surface area contributed by atoms with Crippen molar-refractivity contribution < 1.29 is 9.90 Å². The monoisotopic (exact) mass is 375 g/mol. The molecule has 3 aromatic heterocycles. The first-order valence-electron chi connectivity index (χ1n) is 7.80. The van der Waals surface area contributed by atoms with Gasteiger partial charge in [0.05, 0.1) is 12.0 Å². The van der Waals surface area contributed by atoms with E-state index in [0.717, 1.165) is 28.2 Å². The van der Waals surface area contributed by atoms with Crippen LogP contribution in [0.5, 0.6) is 0 Å². The minimum Gasteiger partial charge on any atom is -0.383 e. The lowest BCUT2D eigenvalue weighted by molar-refractivity contribution is -0.123. The number of amides is 1. The van der Waals surface area contributed by atoms with Crippen LogP contribution in [-0.4, -0.2) is 11.0 Å². The Morgan fingerprint density at radius 1 is 1.25 bits per heavy atom. The van der Waals surface area contributed by atoms with Gasteiger partial charge < -0.3 is 10.4 Å². The Morgan fingerprint density at radius 2 is 2.12 bits per heavy atom. The van der Waals surface area contributed by atoms with Crippen molar-refractivity contribution >= 4 is 39.9 Å². The molecule has 6 heteroatoms. The average Bonchev–Trinajstić information content (AvgIpc) is 3.08. The smallest absolute Gasteiger partial charge is 0.231 e. The number of hydrogen-bond acceptors (Lipinski definition) is 5. The highest BCUT2D eigenvalue weighted by atomic mass is 32.1. The predicted octanol–water partition coefficient (Wildman–Crippen LogP) is 4.30. The number of aliphatic hydroxyl groups excluding tert-OH is 1. The molecule has 0 radical (unpaired) electrons. The van der Waals surface area contributed by atoms with Gasteiger partial charge in [0, 0.05) is 14.6 Å². The molecule has 1 unspecified atom stereocenters. The van der Waals surface area contributed by atoms with Crippen molar-refractivity contribution in [2.24, 2.45) is 0 Å². The summed E-state index contributed by atoms with van der Waals surface area (Å²) in [7, 11) is 0. The second kappa shape index (κ2) is 6.44. The van der Waals surface area contributed by atoms with E-state index in [0.29, 0.717) is 6.54 Å². The number of thiophene rings is 3. The molecule has 0 bridgehead atoms. The molecular weight excluding hydrogens is 358 g/mol. The number of carbonyl (C=O) groups excluding carboxylic acids is 1. The minimum atomic E-state index is -0.577. The van der Waals surface area contributed by atoms with Gasteiger partial charge in [-0.3, -0.25) is 4.79 Å². The summed E-state index contributed by atoms with van der Waals surface area (Å²) in [6, 6.07) is 9.93. The third-order valence-electron chi connectivity index (χ3n) is 4.41. The third kappa shape index (κ3) is 2.95. The van der Waals surface area contributed by atoms with Crippen LogP contribution in [0.15, 0.2) is 46.5 Å². The minimum absolute atomic E-state index is 0.123. The van der Waals surface area contributed by atoms with E-state index in [2.05, 4.69) is 11.4 Å². The average molecular weight is 376 g/mol. The molecule has 1 aliphatic rings. The van der Waals surface area contributed by atoms with Crippen LogP contribution in [0.2, 0.25) is 0 Å². The van der Waals surface area contributed by atoms with E-state index in [9.17, 15) is 9.90 Å². The molecule has 0 aromatic carbocycles. The summed E-state index contributed by atoms with van der Waals surface area (Å²) in [5.41, 5.74) is 0.636. The summed E-state index contributed by atoms with van der Waals surface area (Å²) >= 11 is 4.79. The van der Waals surface area contributed by atoms with Crippen LogP contribution >= 0.6 is 34.0 Å². The second-order valence-corrected chi connectivity index (χ2v) is 8.93. The SMILES string of the molecule is O=C(NCc1ccc(C(O)c2ccsc2)s1)C1(c2cccs2)CC1. The lowest BCUT2D eigenvalue weighted by Gasteiger charge is -2.13. The lowest BCUT2D eigenvalue weighted by atomic mass is 10.0. The van der Waals surface area contributed by atoms with Gasteiger partial charge in [-0.15, -0.1) is 22.7 Å². The summed E-state index contributed by atoms with van der Waals surface area (Å²) in [5.74, 6) is 0.123. The molecule has 1 amide bonds. The fourth-order valence-electron chi connectivity index (χ4n) is 2.83. The molecule has 1 atom stereocenters. The summed E-state index contributed by atoms with van der Waals surface area (Å²) in [6.45, 7) is 0.521. The summed E-state index contributed by atoms with van der Waals surface area (Å²) in [4.78, 5) is 15.7. The molecular formula is C18H17NO2S3. The Hall–Kier alpha value is -1.47. The zero-order chi connectivity index (χ0) is 16.6. The third-order valence-corrected chi connectivity index (χ3v) is 7.32. The van der Waals surface area contributed by atoms with E-state index < -0.39 is 6.10 Å². The zero-order valence-corrected chi connectivity index (χ0v) is 15.3. The van der Waals surface area contributed by atoms with Gasteiger partial charge >= 0.3 is 0 Å². The molecule has 0 aliphatic heterocycles. The predicted molar refractivity (Wildman–Crippen MR) is 99.8 cm³/mol. The highest BCUT2D eigenvalue weighted by Crippen LogP contribution is 2.50. The first-order valence-corrected chi connectivity index (χ1v) is 10.4. The molecule has 0 saturated heterocycles. The first-order chi connectivity index (χ1) is 11.7. The van der Waals surface area contributed by atoms with Gasteiger partial charge in [-0.05, 0) is 58.8 Å². The number of rotatable bonds is 6. The molecule has 1 aliphatic carbocycles. The van der Waals surface area contributed by atoms with Crippen LogP contribution in [0.1, 0.15) is 39.1 Å². The number of hydrogen-bond donors (Lipinski definition) is 2. The molecule has 3 aromatic rings. The van der Waals surface area contributed by atoms with Crippen molar-refractivity contribution in [2.75, 3.05) is 0 Å². The molecule has 1 saturated carbocycles. The van der Waals surface area contributed by atoms with E-state index in [-0.39, 0.29) is 11.3 Å². The van der Waals surface area contributed by atoms with E-state index in [1.54, 1.807) is 34.0 Å². The number of carbonyl (C=O) groups is 1. The summed E-state index contributed by atoms with van der Waals surface area (Å²) in [6.07, 6.45) is 1.30. The summed E-state index contributed by atoms with van der Waals surface area (Å²) in [5, 5.41) is 19.4. The zero-order valence-electron chi connectivity index (χ0n) is 12.9. The Morgan fingerprint density at radius 3 is 2.79 bits per heavy atom. The molecule has 1 fully saturated rings. The normalized spacial score (nSPS) is 16.7. The second-order valence-electron chi connectivity index (χ2n) is 6.01. The molecule has 4 rings (SSSR count). The first kappa shape index (κ1) is 16.0. The quantitative estimate of drug-likeness (QED) is 0.675. The molecule has 3 heterocycles. The topological polar surface area (TPSA) is 49.3 Å². The standard InChI is InChI=1S/C18H17NO2S3/c20-16(12-5-9-22-11-12)14-4-3-13(24-14)10-19-17(21)18(6-7-18)15-2-1-8-23-15/h1-5,8-9,11,16,20H,6-7,10H2,(H,19,21). The Labute approximate surface area is 152 Å². The van der Waals surface area contributed by atoms with Crippen molar-refractivity contribution in [3.63, 3.8) is 0 Å². The summed E-state index contributed by atoms with van der Waals surface area (Å²) < 4.78 is 0. The maximum absolute atomic E-state index is 12.6. The van der Waals surface area contributed by atoms with Crippen LogP contribution in [0.25, 0.3) is 0 Å². The Kier molecular flexibility index (Phi) is 4.30. The van der Waals surface area contributed by atoms with E-state index in [1.165, 1.54) is 4.88 Å². The van der Waals surface area contributed by atoms with Crippen LogP contribution in [0, 0.1) is 0 Å². The molecule has 0 spiro atoms. The van der Waals surface area contributed by atoms with Gasteiger partial charge in [0.1, 0.15) is 6.10 Å². The van der Waals surface area contributed by atoms with Gasteiger partial charge in [-0.2, -0.15) is 11.3 Å². The van der Waals surface area contributed by atoms with Crippen molar-refractivity contribution in [3.8, 4) is 0 Å². The molecule has 3 nitrogen and oxygen atoms in total. The van der Waals surface area contributed by atoms with Crippen molar-refractivity contribution in [3.05, 3.63) is 66.7 Å². The molecule has 2 N–H and O–H groups in total. The van der Waals surface area contributed by atoms with Crippen LogP contribution in [0.4, 0.5) is 0 Å². The van der Waals surface area contributed by atoms with Crippen molar-refractivity contribution in [1.82, 2.24) is 5.32 Å². The largest absolute Gasteiger partial charge is 0.383 e. The van der Waals surface area contributed by atoms with Gasteiger partial charge in [-0.25, -0.2) is 0 Å². The van der Waals surface area contributed by atoms with Gasteiger partial charge in [0.2, 0.25) is 5.91 Å². The highest BCUT2D eigenvalue weighted by molar-refractivity contribution is 7.12. The van der Waals surface area contributed by atoms with Gasteiger partial charge in [-0.1, -0.05) is 6.07 Å². The highest BCUT2D eigenvalue weighted by Gasteiger charge is 2.51. The lowest BCUT2D eigenvalue weighted by Crippen LogP contribution is -2.33. The number of nitrogens with one attached hydrogen (secondary N) is 1. The van der Waals surface area contributed by atoms with Crippen LogP contribution < -0.4 is 5.32 Å². The van der Waals surface area contributed by atoms with E-state index in [4.69, 9.17) is 0 Å². The maximum Gasteiger partial charge on any atom is 0.231 e. The van der Waals surface area contributed by atoms with Gasteiger partial charge in [0.25, 0.3) is 0 Å². The van der Waals surface area contributed by atoms with Crippen LogP contribution in [0.3, 0.4) is 0 Å². The van der Waals surface area contributed by atoms with Crippen molar-refractivity contribution in [2.45, 2.75) is 30.9 Å². The molecule has 24 heavy (non-hydrogen) atoms.